The van der Waals surface area contributed by atoms with Gasteiger partial charge in [-0.15, -0.1) is 0 Å². The summed E-state index contributed by atoms with van der Waals surface area (Å²) in [6, 6.07) is 6.93. The molecule has 7 heteroatoms. The smallest absolute Gasteiger partial charge is 0.243 e. The van der Waals surface area contributed by atoms with E-state index in [1.807, 2.05) is 19.1 Å². The molecule has 0 radical (unpaired) electrons. The average Bonchev–Trinajstić information content (AvgIpc) is 3.23. The van der Waals surface area contributed by atoms with Crippen LogP contribution >= 0.6 is 11.6 Å². The minimum absolute atomic E-state index is 0.0426. The maximum Gasteiger partial charge on any atom is 0.243 e. The highest BCUT2D eigenvalue weighted by Gasteiger charge is 2.35. The van der Waals surface area contributed by atoms with Gasteiger partial charge in [-0.1, -0.05) is 28.9 Å². The van der Waals surface area contributed by atoms with Gasteiger partial charge in [-0.2, -0.15) is 0 Å². The van der Waals surface area contributed by atoms with Crippen molar-refractivity contribution in [2.75, 3.05) is 6.54 Å². The largest absolute Gasteiger partial charge is 0.392 e. The predicted octanol–water partition coefficient (Wildman–Crippen LogP) is 2.50. The SMILES string of the molecule is CC1=NOC(CC(=O)N2CCCC2C(=O)NCc2ccc(Cl)cc2)C1. The number of amides is 2. The number of hydrogen-bond donors (Lipinski definition) is 1. The number of nitrogens with zero attached hydrogens (tertiary/aromatic N) is 2. The second-order valence-corrected chi connectivity index (χ2v) is 6.99. The first kappa shape index (κ1) is 17.7. The molecule has 1 fully saturated rings. The van der Waals surface area contributed by atoms with Crippen LogP contribution in [0.5, 0.6) is 0 Å². The van der Waals surface area contributed by atoms with Gasteiger partial charge < -0.3 is 15.1 Å². The third kappa shape index (κ3) is 4.51. The molecule has 2 amide bonds. The van der Waals surface area contributed by atoms with Gasteiger partial charge in [0.05, 0.1) is 12.1 Å². The lowest BCUT2D eigenvalue weighted by molar-refractivity contribution is -0.140. The molecule has 2 aliphatic rings. The fraction of sp³-hybridized carbons (Fsp3) is 0.500. The van der Waals surface area contributed by atoms with Gasteiger partial charge in [-0.25, -0.2) is 0 Å². The molecule has 2 aliphatic heterocycles. The molecule has 0 saturated carbocycles. The number of rotatable bonds is 5. The highest BCUT2D eigenvalue weighted by molar-refractivity contribution is 6.30. The summed E-state index contributed by atoms with van der Waals surface area (Å²) in [6.07, 6.45) is 2.27. The van der Waals surface area contributed by atoms with Crippen LogP contribution in [0.4, 0.5) is 0 Å². The first-order valence-electron chi connectivity index (χ1n) is 8.54. The van der Waals surface area contributed by atoms with Crippen molar-refractivity contribution >= 4 is 29.1 Å². The topological polar surface area (TPSA) is 71.0 Å². The van der Waals surface area contributed by atoms with Crippen LogP contribution in [-0.2, 0) is 21.0 Å². The first-order valence-corrected chi connectivity index (χ1v) is 8.91. The van der Waals surface area contributed by atoms with Gasteiger partial charge in [0.2, 0.25) is 11.8 Å². The normalized spacial score (nSPS) is 22.5. The highest BCUT2D eigenvalue weighted by Crippen LogP contribution is 2.22. The molecule has 0 aromatic heterocycles. The van der Waals surface area contributed by atoms with E-state index < -0.39 is 6.04 Å². The standard InChI is InChI=1S/C18H22ClN3O3/c1-12-9-15(25-21-12)10-17(23)22-8-2-3-16(22)18(24)20-11-13-4-6-14(19)7-5-13/h4-7,15-16H,2-3,8-11H2,1H3,(H,20,24). The summed E-state index contributed by atoms with van der Waals surface area (Å²) in [5.41, 5.74) is 1.87. The van der Waals surface area contributed by atoms with E-state index in [1.54, 1.807) is 17.0 Å². The molecule has 3 rings (SSSR count). The molecule has 1 aromatic rings. The summed E-state index contributed by atoms with van der Waals surface area (Å²) >= 11 is 5.86. The van der Waals surface area contributed by atoms with E-state index in [2.05, 4.69) is 10.5 Å². The number of likely N-dealkylation sites (tertiary alicyclic amines) is 1. The molecule has 1 N–H and O–H groups in total. The predicted molar refractivity (Wildman–Crippen MR) is 95.2 cm³/mol. The van der Waals surface area contributed by atoms with Crippen molar-refractivity contribution in [3.05, 3.63) is 34.9 Å². The summed E-state index contributed by atoms with van der Waals surface area (Å²) in [5.74, 6) is -0.153. The van der Waals surface area contributed by atoms with Gasteiger partial charge in [0, 0.05) is 24.5 Å². The number of hydrogen-bond acceptors (Lipinski definition) is 4. The molecular weight excluding hydrogens is 342 g/mol. The van der Waals surface area contributed by atoms with E-state index in [4.69, 9.17) is 16.4 Å². The van der Waals surface area contributed by atoms with E-state index in [1.165, 1.54) is 0 Å². The van der Waals surface area contributed by atoms with E-state index in [9.17, 15) is 9.59 Å². The molecule has 134 valence electrons. The van der Waals surface area contributed by atoms with E-state index >= 15 is 0 Å². The third-order valence-electron chi connectivity index (χ3n) is 4.54. The molecule has 1 aromatic carbocycles. The molecule has 0 aliphatic carbocycles. The number of oxime groups is 1. The Hall–Kier alpha value is -2.08. The first-order chi connectivity index (χ1) is 12.0. The minimum Gasteiger partial charge on any atom is -0.392 e. The summed E-state index contributed by atoms with van der Waals surface area (Å²) in [5, 5.41) is 7.46. The van der Waals surface area contributed by atoms with E-state index in [0.717, 1.165) is 17.7 Å². The Balaban J connectivity index is 1.52. The number of halogens is 1. The molecule has 6 nitrogen and oxygen atoms in total. The Bertz CT molecular complexity index is 675. The van der Waals surface area contributed by atoms with E-state index in [0.29, 0.717) is 31.0 Å². The maximum atomic E-state index is 12.5. The molecule has 2 unspecified atom stereocenters. The van der Waals surface area contributed by atoms with Crippen LogP contribution in [0.1, 0.15) is 38.2 Å². The highest BCUT2D eigenvalue weighted by atomic mass is 35.5. The number of nitrogens with one attached hydrogen (secondary N) is 1. The molecule has 0 bridgehead atoms. The molecule has 2 atom stereocenters. The zero-order valence-electron chi connectivity index (χ0n) is 14.2. The number of carbonyl (C=O) groups excluding carboxylic acids is 2. The lowest BCUT2D eigenvalue weighted by Gasteiger charge is -2.25. The summed E-state index contributed by atoms with van der Waals surface area (Å²) in [6.45, 7) is 2.92. The maximum absolute atomic E-state index is 12.5. The van der Waals surface area contributed by atoms with Crippen molar-refractivity contribution < 1.29 is 14.4 Å². The van der Waals surface area contributed by atoms with Crippen LogP contribution in [0.2, 0.25) is 5.02 Å². The number of benzene rings is 1. The fourth-order valence-electron chi connectivity index (χ4n) is 3.24. The Morgan fingerprint density at radius 1 is 1.36 bits per heavy atom. The average molecular weight is 364 g/mol. The van der Waals surface area contributed by atoms with Gasteiger partial charge in [0.15, 0.2) is 0 Å². The lowest BCUT2D eigenvalue weighted by atomic mass is 10.1. The minimum atomic E-state index is -0.400. The van der Waals surface area contributed by atoms with Crippen LogP contribution < -0.4 is 5.32 Å². The fourth-order valence-corrected chi connectivity index (χ4v) is 3.36. The van der Waals surface area contributed by atoms with Crippen molar-refractivity contribution in [3.63, 3.8) is 0 Å². The van der Waals surface area contributed by atoms with Gasteiger partial charge in [0.25, 0.3) is 0 Å². The monoisotopic (exact) mass is 363 g/mol. The van der Waals surface area contributed by atoms with Crippen LogP contribution in [0.15, 0.2) is 29.4 Å². The molecule has 2 heterocycles. The zero-order chi connectivity index (χ0) is 17.8. The van der Waals surface area contributed by atoms with E-state index in [-0.39, 0.29) is 24.3 Å². The second-order valence-electron chi connectivity index (χ2n) is 6.55. The van der Waals surface area contributed by atoms with Gasteiger partial charge in [-0.05, 0) is 37.5 Å². The molecule has 1 saturated heterocycles. The number of carbonyl (C=O) groups is 2. The quantitative estimate of drug-likeness (QED) is 0.873. The van der Waals surface area contributed by atoms with Crippen LogP contribution in [0.3, 0.4) is 0 Å². The van der Waals surface area contributed by atoms with Crippen LogP contribution in [0, 0.1) is 0 Å². The zero-order valence-corrected chi connectivity index (χ0v) is 15.0. The molecule has 0 spiro atoms. The van der Waals surface area contributed by atoms with Crippen LogP contribution in [0.25, 0.3) is 0 Å². The van der Waals surface area contributed by atoms with Gasteiger partial charge in [-0.3, -0.25) is 9.59 Å². The summed E-state index contributed by atoms with van der Waals surface area (Å²) in [7, 11) is 0. The van der Waals surface area contributed by atoms with Crippen LogP contribution in [-0.4, -0.2) is 41.1 Å². The van der Waals surface area contributed by atoms with Crippen molar-refractivity contribution in [1.29, 1.82) is 0 Å². The van der Waals surface area contributed by atoms with Gasteiger partial charge >= 0.3 is 0 Å². The van der Waals surface area contributed by atoms with Gasteiger partial charge in [0.1, 0.15) is 12.1 Å². The van der Waals surface area contributed by atoms with Crippen molar-refractivity contribution in [2.45, 2.75) is 51.3 Å². The Labute approximate surface area is 152 Å². The third-order valence-corrected chi connectivity index (χ3v) is 4.79. The molecule has 25 heavy (non-hydrogen) atoms. The Kier molecular flexibility index (Phi) is 5.58. The van der Waals surface area contributed by atoms with Crippen molar-refractivity contribution in [3.8, 4) is 0 Å². The second kappa shape index (κ2) is 7.87. The summed E-state index contributed by atoms with van der Waals surface area (Å²) in [4.78, 5) is 31.9. The van der Waals surface area contributed by atoms with Crippen molar-refractivity contribution in [2.24, 2.45) is 5.16 Å². The van der Waals surface area contributed by atoms with Crippen molar-refractivity contribution in [1.82, 2.24) is 10.2 Å². The Morgan fingerprint density at radius 3 is 2.80 bits per heavy atom. The lowest BCUT2D eigenvalue weighted by Crippen LogP contribution is -2.46. The Morgan fingerprint density at radius 2 is 2.12 bits per heavy atom. The molecular formula is C18H22ClN3O3. The summed E-state index contributed by atoms with van der Waals surface area (Å²) < 4.78 is 0.